The number of esters is 1. The van der Waals surface area contributed by atoms with Crippen LogP contribution >= 0.6 is 35.0 Å². The molecule has 0 atom stereocenters. The number of halogens is 2. The number of thioether (sulfide) groups is 1. The Bertz CT molecular complexity index is 647. The van der Waals surface area contributed by atoms with E-state index in [0.717, 1.165) is 0 Å². The summed E-state index contributed by atoms with van der Waals surface area (Å²) in [6, 6.07) is 8.44. The molecule has 7 heteroatoms. The molecule has 4 nitrogen and oxygen atoms in total. The lowest BCUT2D eigenvalue weighted by molar-refractivity contribution is 0.0445. The van der Waals surface area contributed by atoms with Crippen LogP contribution in [0.1, 0.15) is 10.4 Å². The zero-order chi connectivity index (χ0) is 15.9. The van der Waals surface area contributed by atoms with Crippen molar-refractivity contribution in [1.82, 2.24) is 4.98 Å². The van der Waals surface area contributed by atoms with Crippen LogP contribution in [0.2, 0.25) is 10.0 Å². The molecule has 0 aliphatic carbocycles. The van der Waals surface area contributed by atoms with Gasteiger partial charge in [0.25, 0.3) is 0 Å². The molecule has 0 radical (unpaired) electrons. The SMILES string of the molecule is CSc1ncccc1C(=O)OCCOc1c(Cl)cccc1Cl. The van der Waals surface area contributed by atoms with Crippen molar-refractivity contribution in [2.75, 3.05) is 19.5 Å². The van der Waals surface area contributed by atoms with Gasteiger partial charge >= 0.3 is 5.97 Å². The van der Waals surface area contributed by atoms with E-state index in [-0.39, 0.29) is 13.2 Å². The third-order valence-corrected chi connectivity index (χ3v) is 3.97. The number of aromatic nitrogens is 1. The maximum Gasteiger partial charge on any atom is 0.341 e. The van der Waals surface area contributed by atoms with Crippen LogP contribution in [0.5, 0.6) is 5.75 Å². The monoisotopic (exact) mass is 357 g/mol. The highest BCUT2D eigenvalue weighted by Crippen LogP contribution is 2.32. The molecule has 0 unspecified atom stereocenters. The van der Waals surface area contributed by atoms with Crippen LogP contribution in [0, 0.1) is 0 Å². The molecule has 1 aromatic carbocycles. The van der Waals surface area contributed by atoms with Crippen LogP contribution < -0.4 is 4.74 Å². The molecule has 2 aromatic rings. The number of para-hydroxylation sites is 1. The van der Waals surface area contributed by atoms with E-state index in [1.807, 2.05) is 6.26 Å². The molecule has 0 bridgehead atoms. The molecule has 0 aliphatic rings. The van der Waals surface area contributed by atoms with E-state index in [4.69, 9.17) is 32.7 Å². The molecule has 1 heterocycles. The lowest BCUT2D eigenvalue weighted by Crippen LogP contribution is -2.13. The fourth-order valence-corrected chi connectivity index (χ4v) is 2.73. The first-order chi connectivity index (χ1) is 10.6. The summed E-state index contributed by atoms with van der Waals surface area (Å²) in [5.74, 6) is -0.0561. The summed E-state index contributed by atoms with van der Waals surface area (Å²) in [6.45, 7) is 0.243. The number of hydrogen-bond donors (Lipinski definition) is 0. The molecule has 0 fully saturated rings. The van der Waals surface area contributed by atoms with Crippen LogP contribution in [-0.4, -0.2) is 30.4 Å². The summed E-state index contributed by atoms with van der Waals surface area (Å²) >= 11 is 13.3. The first kappa shape index (κ1) is 16.9. The fourth-order valence-electron chi connectivity index (χ4n) is 1.69. The van der Waals surface area contributed by atoms with Crippen molar-refractivity contribution < 1.29 is 14.3 Å². The normalized spacial score (nSPS) is 10.3. The molecular formula is C15H13Cl2NO3S. The number of nitrogens with zero attached hydrogens (tertiary/aromatic N) is 1. The van der Waals surface area contributed by atoms with Gasteiger partial charge in [-0.2, -0.15) is 0 Å². The second-order valence-corrected chi connectivity index (χ2v) is 5.70. The highest BCUT2D eigenvalue weighted by molar-refractivity contribution is 7.98. The Morgan fingerprint density at radius 2 is 1.91 bits per heavy atom. The van der Waals surface area contributed by atoms with Crippen LogP contribution in [-0.2, 0) is 4.74 Å². The third-order valence-electron chi connectivity index (χ3n) is 2.67. The summed E-state index contributed by atoms with van der Waals surface area (Å²) in [4.78, 5) is 16.1. The van der Waals surface area contributed by atoms with Gasteiger partial charge in [-0.05, 0) is 30.5 Å². The van der Waals surface area contributed by atoms with Crippen molar-refractivity contribution in [3.05, 3.63) is 52.1 Å². The molecule has 2 rings (SSSR count). The summed E-state index contributed by atoms with van der Waals surface area (Å²) in [7, 11) is 0. The Balaban J connectivity index is 1.88. The van der Waals surface area contributed by atoms with Gasteiger partial charge in [0.2, 0.25) is 0 Å². The number of ether oxygens (including phenoxy) is 2. The summed E-state index contributed by atoms with van der Waals surface area (Å²) < 4.78 is 10.6. The third kappa shape index (κ3) is 4.29. The van der Waals surface area contributed by atoms with Crippen LogP contribution in [0.25, 0.3) is 0 Å². The Morgan fingerprint density at radius 1 is 1.18 bits per heavy atom. The molecule has 0 amide bonds. The zero-order valence-corrected chi connectivity index (χ0v) is 14.0. The van der Waals surface area contributed by atoms with E-state index in [2.05, 4.69) is 4.98 Å². The maximum atomic E-state index is 12.0. The molecule has 0 N–H and O–H groups in total. The predicted octanol–water partition coefficient (Wildman–Crippen LogP) is 4.35. The smallest absolute Gasteiger partial charge is 0.341 e. The predicted molar refractivity (Wildman–Crippen MR) is 88.3 cm³/mol. The molecule has 0 saturated heterocycles. The largest absolute Gasteiger partial charge is 0.487 e. The standard InChI is InChI=1S/C15H13Cl2NO3S/c1-22-14-10(4-3-7-18-14)15(19)21-9-8-20-13-11(16)5-2-6-12(13)17/h2-7H,8-9H2,1H3. The van der Waals surface area contributed by atoms with E-state index >= 15 is 0 Å². The Labute approximate surface area is 142 Å². The van der Waals surface area contributed by atoms with Gasteiger partial charge in [-0.3, -0.25) is 0 Å². The first-order valence-electron chi connectivity index (χ1n) is 6.36. The highest BCUT2D eigenvalue weighted by Gasteiger charge is 2.13. The molecule has 0 aliphatic heterocycles. The van der Waals surface area contributed by atoms with Crippen molar-refractivity contribution in [1.29, 1.82) is 0 Å². The number of rotatable bonds is 6. The summed E-state index contributed by atoms with van der Waals surface area (Å²) in [5, 5.41) is 1.45. The Hall–Kier alpha value is -1.43. The van der Waals surface area contributed by atoms with Gasteiger partial charge in [-0.15, -0.1) is 11.8 Å². The van der Waals surface area contributed by atoms with Gasteiger partial charge < -0.3 is 9.47 Å². The molecule has 0 saturated carbocycles. The van der Waals surface area contributed by atoms with Gasteiger partial charge in [0, 0.05) is 6.20 Å². The minimum Gasteiger partial charge on any atom is -0.487 e. The minimum absolute atomic E-state index is 0.0864. The van der Waals surface area contributed by atoms with Crippen molar-refractivity contribution in [2.24, 2.45) is 0 Å². The summed E-state index contributed by atoms with van der Waals surface area (Å²) in [6.07, 6.45) is 3.48. The van der Waals surface area contributed by atoms with Crippen LogP contribution in [0.15, 0.2) is 41.6 Å². The van der Waals surface area contributed by atoms with Gasteiger partial charge in [0.1, 0.15) is 18.2 Å². The number of carbonyl (C=O) groups is 1. The fraction of sp³-hybridized carbons (Fsp3) is 0.200. The molecule has 22 heavy (non-hydrogen) atoms. The quantitative estimate of drug-likeness (QED) is 0.437. The number of pyridine rings is 1. The highest BCUT2D eigenvalue weighted by atomic mass is 35.5. The maximum absolute atomic E-state index is 12.0. The van der Waals surface area contributed by atoms with E-state index < -0.39 is 5.97 Å². The number of hydrogen-bond acceptors (Lipinski definition) is 5. The number of benzene rings is 1. The van der Waals surface area contributed by atoms with Crippen molar-refractivity contribution in [3.63, 3.8) is 0 Å². The van der Waals surface area contributed by atoms with E-state index in [1.54, 1.807) is 36.5 Å². The van der Waals surface area contributed by atoms with Crippen molar-refractivity contribution in [2.45, 2.75) is 5.03 Å². The van der Waals surface area contributed by atoms with Gasteiger partial charge in [0.05, 0.1) is 15.6 Å². The molecule has 0 spiro atoms. The minimum atomic E-state index is -0.439. The van der Waals surface area contributed by atoms with E-state index in [0.29, 0.717) is 26.4 Å². The van der Waals surface area contributed by atoms with Gasteiger partial charge in [0.15, 0.2) is 5.75 Å². The zero-order valence-electron chi connectivity index (χ0n) is 11.7. The Morgan fingerprint density at radius 3 is 2.59 bits per heavy atom. The topological polar surface area (TPSA) is 48.4 Å². The average molecular weight is 358 g/mol. The Kier molecular flexibility index (Phi) is 6.36. The van der Waals surface area contributed by atoms with E-state index in [1.165, 1.54) is 11.8 Å². The van der Waals surface area contributed by atoms with Gasteiger partial charge in [-0.25, -0.2) is 9.78 Å². The van der Waals surface area contributed by atoms with Crippen LogP contribution in [0.3, 0.4) is 0 Å². The van der Waals surface area contributed by atoms with Crippen molar-refractivity contribution >= 4 is 40.9 Å². The van der Waals surface area contributed by atoms with E-state index in [9.17, 15) is 4.79 Å². The molecular weight excluding hydrogens is 345 g/mol. The van der Waals surface area contributed by atoms with Gasteiger partial charge in [-0.1, -0.05) is 29.3 Å². The molecule has 116 valence electrons. The van der Waals surface area contributed by atoms with Crippen LogP contribution in [0.4, 0.5) is 0 Å². The lowest BCUT2D eigenvalue weighted by Gasteiger charge is -2.10. The first-order valence-corrected chi connectivity index (χ1v) is 8.34. The second-order valence-electron chi connectivity index (χ2n) is 4.10. The lowest BCUT2D eigenvalue weighted by atomic mass is 10.3. The second kappa shape index (κ2) is 8.27. The average Bonchev–Trinajstić information content (AvgIpc) is 2.53. The number of carbonyl (C=O) groups excluding carboxylic acids is 1. The van der Waals surface area contributed by atoms with Crippen molar-refractivity contribution in [3.8, 4) is 5.75 Å². The summed E-state index contributed by atoms with van der Waals surface area (Å²) in [5.41, 5.74) is 0.436. The molecule has 1 aromatic heterocycles.